The van der Waals surface area contributed by atoms with Crippen LogP contribution in [0.1, 0.15) is 11.3 Å². The number of aryl methyl sites for hydroxylation is 1. The Hall–Kier alpha value is -2.55. The fourth-order valence-electron chi connectivity index (χ4n) is 2.24. The van der Waals surface area contributed by atoms with Gasteiger partial charge in [-0.05, 0) is 19.1 Å². The van der Waals surface area contributed by atoms with Gasteiger partial charge in [0.1, 0.15) is 18.2 Å². The van der Waals surface area contributed by atoms with Gasteiger partial charge in [0.15, 0.2) is 0 Å². The number of hydrogen-bond donors (Lipinski definition) is 1. The smallest absolute Gasteiger partial charge is 0.321 e. The van der Waals surface area contributed by atoms with Gasteiger partial charge in [-0.1, -0.05) is 48.0 Å². The van der Waals surface area contributed by atoms with E-state index in [9.17, 15) is 13.2 Å². The van der Waals surface area contributed by atoms with E-state index in [1.165, 1.54) is 29.0 Å². The number of carbonyl (C=O) groups is 1. The van der Waals surface area contributed by atoms with E-state index in [4.69, 9.17) is 4.74 Å². The molecule has 0 aliphatic heterocycles. The fraction of sp³-hybridized carbons (Fsp3) is 0.158. The van der Waals surface area contributed by atoms with Crippen LogP contribution in [0, 0.1) is 6.92 Å². The van der Waals surface area contributed by atoms with E-state index in [-0.39, 0.29) is 11.5 Å². The summed E-state index contributed by atoms with van der Waals surface area (Å²) < 4.78 is 31.5. The summed E-state index contributed by atoms with van der Waals surface area (Å²) in [6.07, 6.45) is 0. The third-order valence-corrected chi connectivity index (χ3v) is 6.05. The molecule has 0 spiro atoms. The number of benzene rings is 2. The first-order chi connectivity index (χ1) is 12.9. The second-order valence-electron chi connectivity index (χ2n) is 5.81. The summed E-state index contributed by atoms with van der Waals surface area (Å²) in [5.74, 6) is -0.667. The van der Waals surface area contributed by atoms with Crippen LogP contribution in [0.15, 0.2) is 64.9 Å². The molecule has 1 aromatic heterocycles. The van der Waals surface area contributed by atoms with Crippen molar-refractivity contribution in [3.05, 3.63) is 71.2 Å². The molecule has 0 aliphatic rings. The van der Waals surface area contributed by atoms with Crippen molar-refractivity contribution in [1.82, 2.24) is 9.71 Å². The normalized spacial score (nSPS) is 11.3. The van der Waals surface area contributed by atoms with Gasteiger partial charge in [0, 0.05) is 10.9 Å². The first-order valence-corrected chi connectivity index (χ1v) is 10.5. The van der Waals surface area contributed by atoms with Crippen molar-refractivity contribution in [3.63, 3.8) is 0 Å². The molecule has 6 nitrogen and oxygen atoms in total. The van der Waals surface area contributed by atoms with Gasteiger partial charge in [0.25, 0.3) is 0 Å². The highest BCUT2D eigenvalue weighted by molar-refractivity contribution is 7.89. The molecule has 0 saturated carbocycles. The molecule has 140 valence electrons. The molecule has 27 heavy (non-hydrogen) atoms. The Morgan fingerprint density at radius 3 is 2.52 bits per heavy atom. The molecule has 0 radical (unpaired) electrons. The molecule has 0 bridgehead atoms. The molecule has 3 rings (SSSR count). The number of hydrogen-bond acceptors (Lipinski definition) is 6. The Balaban J connectivity index is 1.52. The summed E-state index contributed by atoms with van der Waals surface area (Å²) in [6.45, 7) is 1.57. The zero-order valence-electron chi connectivity index (χ0n) is 14.6. The van der Waals surface area contributed by atoms with Crippen LogP contribution in [0.25, 0.3) is 10.6 Å². The summed E-state index contributed by atoms with van der Waals surface area (Å²) in [7, 11) is -3.74. The van der Waals surface area contributed by atoms with Crippen LogP contribution >= 0.6 is 11.3 Å². The van der Waals surface area contributed by atoms with Gasteiger partial charge in [-0.3, -0.25) is 4.79 Å². The number of aromatic nitrogens is 1. The van der Waals surface area contributed by atoms with E-state index in [0.29, 0.717) is 5.69 Å². The molecule has 8 heteroatoms. The Kier molecular flexibility index (Phi) is 6.00. The Morgan fingerprint density at radius 1 is 1.11 bits per heavy atom. The number of nitrogens with zero attached hydrogens (tertiary/aromatic N) is 1. The Bertz CT molecular complexity index is 1010. The lowest BCUT2D eigenvalue weighted by Gasteiger charge is -2.06. The molecule has 2 aromatic carbocycles. The molecule has 0 atom stereocenters. The van der Waals surface area contributed by atoms with Crippen LogP contribution in [-0.4, -0.2) is 25.9 Å². The van der Waals surface area contributed by atoms with E-state index in [1.807, 2.05) is 36.6 Å². The first kappa shape index (κ1) is 19.2. The maximum Gasteiger partial charge on any atom is 0.321 e. The van der Waals surface area contributed by atoms with Crippen LogP contribution in [0.2, 0.25) is 0 Å². The third-order valence-electron chi connectivity index (χ3n) is 3.69. The summed E-state index contributed by atoms with van der Waals surface area (Å²) in [6, 6.07) is 15.8. The highest BCUT2D eigenvalue weighted by Gasteiger charge is 2.16. The lowest BCUT2D eigenvalue weighted by molar-refractivity contribution is -0.143. The number of rotatable bonds is 7. The van der Waals surface area contributed by atoms with Gasteiger partial charge in [-0.2, -0.15) is 4.72 Å². The average molecular weight is 402 g/mol. The van der Waals surface area contributed by atoms with Crippen LogP contribution in [-0.2, 0) is 26.2 Å². The molecule has 0 amide bonds. The van der Waals surface area contributed by atoms with Crippen molar-refractivity contribution in [2.45, 2.75) is 18.4 Å². The monoisotopic (exact) mass is 402 g/mol. The first-order valence-electron chi connectivity index (χ1n) is 8.16. The van der Waals surface area contributed by atoms with Crippen LogP contribution in [0.4, 0.5) is 0 Å². The molecule has 1 heterocycles. The highest BCUT2D eigenvalue weighted by Crippen LogP contribution is 2.24. The minimum Gasteiger partial charge on any atom is -0.458 e. The minimum absolute atomic E-state index is 0.00570. The number of carbonyl (C=O) groups excluding carboxylic acids is 1. The highest BCUT2D eigenvalue weighted by atomic mass is 32.2. The summed E-state index contributed by atoms with van der Waals surface area (Å²) in [4.78, 5) is 16.4. The maximum absolute atomic E-state index is 12.1. The van der Waals surface area contributed by atoms with Gasteiger partial charge in [0.05, 0.1) is 10.6 Å². The van der Waals surface area contributed by atoms with Crippen LogP contribution in [0.5, 0.6) is 0 Å². The van der Waals surface area contributed by atoms with E-state index < -0.39 is 22.5 Å². The third kappa shape index (κ3) is 5.22. The van der Waals surface area contributed by atoms with Crippen molar-refractivity contribution in [3.8, 4) is 10.6 Å². The molecular formula is C19H18N2O4S2. The molecule has 1 N–H and O–H groups in total. The summed E-state index contributed by atoms with van der Waals surface area (Å²) in [5, 5.41) is 2.65. The van der Waals surface area contributed by atoms with Crippen molar-refractivity contribution in [2.24, 2.45) is 0 Å². The largest absolute Gasteiger partial charge is 0.458 e. The topological polar surface area (TPSA) is 85.4 Å². The van der Waals surface area contributed by atoms with Gasteiger partial charge in [-0.15, -0.1) is 11.3 Å². The lowest BCUT2D eigenvalue weighted by atomic mass is 10.2. The number of sulfonamides is 1. The van der Waals surface area contributed by atoms with Gasteiger partial charge < -0.3 is 4.74 Å². The zero-order chi connectivity index (χ0) is 19.3. The number of esters is 1. The quantitative estimate of drug-likeness (QED) is 0.614. The SMILES string of the molecule is Cc1ccc(-c2nc(COC(=O)CNS(=O)(=O)c3ccccc3)cs2)cc1. The van der Waals surface area contributed by atoms with Gasteiger partial charge in [-0.25, -0.2) is 13.4 Å². The van der Waals surface area contributed by atoms with E-state index in [2.05, 4.69) is 9.71 Å². The molecule has 0 fully saturated rings. The second kappa shape index (κ2) is 8.43. The maximum atomic E-state index is 12.1. The molecule has 0 unspecified atom stereocenters. The standard InChI is InChI=1S/C19H18N2O4S2/c1-14-7-9-15(10-8-14)19-21-16(13-26-19)12-25-18(22)11-20-27(23,24)17-5-3-2-4-6-17/h2-10,13,20H,11-12H2,1H3. The zero-order valence-corrected chi connectivity index (χ0v) is 16.2. The van der Waals surface area contributed by atoms with Gasteiger partial charge in [0.2, 0.25) is 10.0 Å². The Labute approximate surface area is 161 Å². The number of nitrogens with one attached hydrogen (secondary N) is 1. The average Bonchev–Trinajstić information content (AvgIpc) is 3.15. The lowest BCUT2D eigenvalue weighted by Crippen LogP contribution is -2.30. The van der Waals surface area contributed by atoms with Crippen LogP contribution < -0.4 is 4.72 Å². The van der Waals surface area contributed by atoms with Crippen molar-refractivity contribution in [1.29, 1.82) is 0 Å². The number of thiazole rings is 1. The minimum atomic E-state index is -3.74. The van der Waals surface area contributed by atoms with E-state index >= 15 is 0 Å². The number of ether oxygens (including phenoxy) is 1. The molecule has 0 saturated heterocycles. The summed E-state index contributed by atoms with van der Waals surface area (Å²) >= 11 is 1.46. The Morgan fingerprint density at radius 2 is 1.81 bits per heavy atom. The van der Waals surface area contributed by atoms with E-state index in [1.54, 1.807) is 18.2 Å². The predicted molar refractivity (Wildman–Crippen MR) is 104 cm³/mol. The van der Waals surface area contributed by atoms with Crippen molar-refractivity contribution < 1.29 is 17.9 Å². The molecule has 3 aromatic rings. The molecule has 0 aliphatic carbocycles. The van der Waals surface area contributed by atoms with Crippen molar-refractivity contribution in [2.75, 3.05) is 6.54 Å². The molecular weight excluding hydrogens is 384 g/mol. The van der Waals surface area contributed by atoms with Crippen molar-refractivity contribution >= 4 is 27.3 Å². The van der Waals surface area contributed by atoms with E-state index in [0.717, 1.165) is 10.6 Å². The van der Waals surface area contributed by atoms with Crippen LogP contribution in [0.3, 0.4) is 0 Å². The fourth-order valence-corrected chi connectivity index (χ4v) is 4.04. The second-order valence-corrected chi connectivity index (χ2v) is 8.43. The van der Waals surface area contributed by atoms with Gasteiger partial charge >= 0.3 is 5.97 Å². The predicted octanol–water partition coefficient (Wildman–Crippen LogP) is 3.14. The summed E-state index contributed by atoms with van der Waals surface area (Å²) in [5.41, 5.74) is 2.79.